The highest BCUT2D eigenvalue weighted by Gasteiger charge is 2.02. The second kappa shape index (κ2) is 4.24. The van der Waals surface area contributed by atoms with Crippen molar-refractivity contribution in [3.8, 4) is 0 Å². The number of benzene rings is 1. The number of halogens is 2. The average Bonchev–Trinajstić information content (AvgIpc) is 2.49. The summed E-state index contributed by atoms with van der Waals surface area (Å²) in [7, 11) is 0. The molecule has 0 radical (unpaired) electrons. The first kappa shape index (κ1) is 10.7. The van der Waals surface area contributed by atoms with Gasteiger partial charge in [-0.1, -0.05) is 28.1 Å². The van der Waals surface area contributed by atoms with Crippen LogP contribution in [0.5, 0.6) is 0 Å². The first-order valence-electron chi connectivity index (χ1n) is 3.81. The fraction of sp³-hybridized carbons (Fsp3) is 0.222. The van der Waals surface area contributed by atoms with Crippen LogP contribution in [0.4, 0.5) is 0 Å². The number of nitrogens with zero attached hydrogens (tertiary/aromatic N) is 1. The van der Waals surface area contributed by atoms with Crippen LogP contribution in [0.1, 0.15) is 11.4 Å². The number of aromatic nitrogens is 2. The fourth-order valence-corrected chi connectivity index (χ4v) is 1.56. The van der Waals surface area contributed by atoms with Gasteiger partial charge < -0.3 is 4.98 Å². The van der Waals surface area contributed by atoms with Gasteiger partial charge >= 0.3 is 0 Å². The highest BCUT2D eigenvalue weighted by molar-refractivity contribution is 9.08. The van der Waals surface area contributed by atoms with E-state index in [4.69, 9.17) is 0 Å². The lowest BCUT2D eigenvalue weighted by Crippen LogP contribution is -1.77. The maximum absolute atomic E-state index is 4.43. The molecule has 0 amide bonds. The lowest BCUT2D eigenvalue weighted by molar-refractivity contribution is 1.15. The minimum atomic E-state index is 0. The molecule has 0 atom stereocenters. The second-order valence-corrected chi connectivity index (χ2v) is 3.35. The lowest BCUT2D eigenvalue weighted by Gasteiger charge is -1.90. The predicted octanol–water partition coefficient (Wildman–Crippen LogP) is 3.34. The Morgan fingerprint density at radius 3 is 2.85 bits per heavy atom. The van der Waals surface area contributed by atoms with Gasteiger partial charge in [0.1, 0.15) is 5.82 Å². The zero-order chi connectivity index (χ0) is 8.55. The van der Waals surface area contributed by atoms with E-state index in [0.717, 1.165) is 22.2 Å². The van der Waals surface area contributed by atoms with E-state index in [0.29, 0.717) is 0 Å². The zero-order valence-electron chi connectivity index (χ0n) is 7.17. The van der Waals surface area contributed by atoms with Gasteiger partial charge in [0.2, 0.25) is 0 Å². The fourth-order valence-electron chi connectivity index (χ4n) is 1.29. The van der Waals surface area contributed by atoms with Gasteiger partial charge in [-0.25, -0.2) is 4.98 Å². The Hall–Kier alpha value is -0.350. The van der Waals surface area contributed by atoms with Crippen LogP contribution in [-0.4, -0.2) is 9.97 Å². The monoisotopic (exact) mass is 304 g/mol. The van der Waals surface area contributed by atoms with Gasteiger partial charge in [-0.2, -0.15) is 0 Å². The third kappa shape index (κ3) is 1.94. The molecule has 4 heteroatoms. The number of aryl methyl sites for hydroxylation is 1. The van der Waals surface area contributed by atoms with E-state index < -0.39 is 0 Å². The van der Waals surface area contributed by atoms with Crippen molar-refractivity contribution < 1.29 is 0 Å². The Balaban J connectivity index is 0.000000845. The molecule has 1 heterocycles. The molecule has 0 saturated carbocycles. The smallest absolute Gasteiger partial charge is 0.117 e. The van der Waals surface area contributed by atoms with Crippen LogP contribution in [0.2, 0.25) is 0 Å². The van der Waals surface area contributed by atoms with Crippen molar-refractivity contribution in [3.05, 3.63) is 29.6 Å². The summed E-state index contributed by atoms with van der Waals surface area (Å²) in [6.45, 7) is 2.07. The van der Waals surface area contributed by atoms with Crippen LogP contribution in [0.3, 0.4) is 0 Å². The summed E-state index contributed by atoms with van der Waals surface area (Å²) in [6, 6.07) is 6.15. The number of H-pyrrole nitrogens is 1. The molecule has 1 N–H and O–H groups in total. The van der Waals surface area contributed by atoms with Gasteiger partial charge in [0.05, 0.1) is 16.4 Å². The minimum Gasteiger partial charge on any atom is -0.341 e. The van der Waals surface area contributed by atoms with Gasteiger partial charge in [0.25, 0.3) is 0 Å². The molecule has 1 aromatic heterocycles. The number of nitrogens with one attached hydrogen (secondary N) is 1. The van der Waals surface area contributed by atoms with Crippen molar-refractivity contribution in [1.29, 1.82) is 0 Å². The molecular weight excluding hydrogens is 296 g/mol. The highest BCUT2D eigenvalue weighted by Crippen LogP contribution is 2.16. The first-order valence-corrected chi connectivity index (χ1v) is 4.93. The van der Waals surface area contributed by atoms with Gasteiger partial charge in [-0.15, -0.1) is 17.0 Å². The van der Waals surface area contributed by atoms with E-state index >= 15 is 0 Å². The number of imidazole rings is 1. The third-order valence-corrected chi connectivity index (χ3v) is 2.42. The van der Waals surface area contributed by atoms with Gasteiger partial charge in [-0.3, -0.25) is 0 Å². The molecule has 0 aliphatic rings. The summed E-state index contributed by atoms with van der Waals surface area (Å²) >= 11 is 3.37. The molecule has 0 aliphatic heterocycles. The number of fused-ring (bicyclic) bond motifs is 1. The quantitative estimate of drug-likeness (QED) is 0.804. The topological polar surface area (TPSA) is 28.7 Å². The Labute approximate surface area is 95.7 Å². The van der Waals surface area contributed by atoms with E-state index in [-0.39, 0.29) is 17.0 Å². The van der Waals surface area contributed by atoms with Crippen molar-refractivity contribution in [2.75, 3.05) is 0 Å². The summed E-state index contributed by atoms with van der Waals surface area (Å²) in [5, 5.41) is 0.779. The Kier molecular flexibility index (Phi) is 3.50. The normalized spacial score (nSPS) is 10.0. The number of hydrogen-bond donors (Lipinski definition) is 1. The van der Waals surface area contributed by atoms with Gasteiger partial charge in [-0.05, 0) is 18.6 Å². The molecule has 0 aliphatic carbocycles. The standard InChI is InChI=1S/C9H9BrN2.BrH/c1-6-3-2-4-7-9(6)12-8(5-10)11-7;/h2-4H,5H2,1H3,(H,11,12);1H. The Morgan fingerprint density at radius 2 is 2.23 bits per heavy atom. The number of aromatic amines is 1. The van der Waals surface area contributed by atoms with Crippen molar-refractivity contribution in [1.82, 2.24) is 9.97 Å². The molecule has 70 valence electrons. The predicted molar refractivity (Wildman–Crippen MR) is 63.8 cm³/mol. The SMILES string of the molecule is Br.Cc1cccc2[nH]c(CBr)nc12. The average molecular weight is 306 g/mol. The minimum absolute atomic E-state index is 0. The summed E-state index contributed by atoms with van der Waals surface area (Å²) in [5.74, 6) is 0.985. The maximum atomic E-state index is 4.43. The summed E-state index contributed by atoms with van der Waals surface area (Å²) in [6.07, 6.45) is 0. The molecule has 0 saturated heterocycles. The molecule has 2 nitrogen and oxygen atoms in total. The third-order valence-electron chi connectivity index (χ3n) is 1.89. The van der Waals surface area contributed by atoms with Crippen LogP contribution < -0.4 is 0 Å². The summed E-state index contributed by atoms with van der Waals surface area (Å²) < 4.78 is 0. The number of alkyl halides is 1. The molecule has 0 fully saturated rings. The number of hydrogen-bond acceptors (Lipinski definition) is 1. The highest BCUT2D eigenvalue weighted by atomic mass is 79.9. The van der Waals surface area contributed by atoms with Crippen LogP contribution in [0, 0.1) is 6.92 Å². The van der Waals surface area contributed by atoms with Crippen LogP contribution in [0.25, 0.3) is 11.0 Å². The number of para-hydroxylation sites is 1. The van der Waals surface area contributed by atoms with Crippen molar-refractivity contribution in [3.63, 3.8) is 0 Å². The maximum Gasteiger partial charge on any atom is 0.117 e. The van der Waals surface area contributed by atoms with E-state index in [1.165, 1.54) is 5.56 Å². The van der Waals surface area contributed by atoms with Crippen LogP contribution in [-0.2, 0) is 5.33 Å². The first-order chi connectivity index (χ1) is 5.81. The Morgan fingerprint density at radius 1 is 1.46 bits per heavy atom. The van der Waals surface area contributed by atoms with Crippen molar-refractivity contribution in [2.24, 2.45) is 0 Å². The lowest BCUT2D eigenvalue weighted by atomic mass is 10.2. The molecule has 0 unspecified atom stereocenters. The number of rotatable bonds is 1. The molecule has 1 aromatic carbocycles. The van der Waals surface area contributed by atoms with E-state index in [2.05, 4.69) is 38.9 Å². The zero-order valence-corrected chi connectivity index (χ0v) is 10.5. The van der Waals surface area contributed by atoms with E-state index in [9.17, 15) is 0 Å². The summed E-state index contributed by atoms with van der Waals surface area (Å²) in [5.41, 5.74) is 3.41. The summed E-state index contributed by atoms with van der Waals surface area (Å²) in [4.78, 5) is 7.66. The molecular formula is C9H10Br2N2. The van der Waals surface area contributed by atoms with Gasteiger partial charge in [0, 0.05) is 0 Å². The molecule has 0 spiro atoms. The Bertz CT molecular complexity index is 409. The molecule has 13 heavy (non-hydrogen) atoms. The molecule has 2 rings (SSSR count). The van der Waals surface area contributed by atoms with Crippen LogP contribution >= 0.6 is 32.9 Å². The second-order valence-electron chi connectivity index (χ2n) is 2.79. The van der Waals surface area contributed by atoms with E-state index in [1.807, 2.05) is 12.1 Å². The molecule has 0 bridgehead atoms. The largest absolute Gasteiger partial charge is 0.341 e. The van der Waals surface area contributed by atoms with Gasteiger partial charge in [0.15, 0.2) is 0 Å². The van der Waals surface area contributed by atoms with Crippen LogP contribution in [0.15, 0.2) is 18.2 Å². The van der Waals surface area contributed by atoms with Crippen molar-refractivity contribution >= 4 is 43.9 Å². The molecule has 2 aromatic rings. The van der Waals surface area contributed by atoms with Crippen molar-refractivity contribution in [2.45, 2.75) is 12.3 Å². The van der Waals surface area contributed by atoms with E-state index in [1.54, 1.807) is 0 Å².